The van der Waals surface area contributed by atoms with Gasteiger partial charge < -0.3 is 61.6 Å². The van der Waals surface area contributed by atoms with Gasteiger partial charge in [-0.15, -0.1) is 0 Å². The van der Waals surface area contributed by atoms with Crippen LogP contribution in [0.3, 0.4) is 0 Å². The van der Waals surface area contributed by atoms with Gasteiger partial charge in [-0.25, -0.2) is 0 Å². The molecule has 0 atom stereocenters. The Morgan fingerprint density at radius 3 is 0.746 bits per heavy atom. The Hall–Kier alpha value is -1.64. The molecule has 0 saturated carbocycles. The van der Waals surface area contributed by atoms with Crippen LogP contribution >= 0.6 is 0 Å². The summed E-state index contributed by atoms with van der Waals surface area (Å²) in [6, 6.07) is 0. The van der Waals surface area contributed by atoms with Gasteiger partial charge in [-0.3, -0.25) is 14.5 Å². The summed E-state index contributed by atoms with van der Waals surface area (Å²) in [6.07, 6.45) is 17.3. The predicted molar refractivity (Wildman–Crippen MR) is 223 cm³/mol. The lowest BCUT2D eigenvalue weighted by molar-refractivity contribution is -0.137. The fourth-order valence-electron chi connectivity index (χ4n) is 5.42. The topological polar surface area (TPSA) is 157 Å². The monoisotopic (exact) mass is 852 g/mol. The molecule has 0 spiro atoms. The summed E-state index contributed by atoms with van der Waals surface area (Å²) in [5.41, 5.74) is 0. The van der Waals surface area contributed by atoms with Crippen molar-refractivity contribution >= 4 is 11.8 Å². The third kappa shape index (κ3) is 41.5. The van der Waals surface area contributed by atoms with Crippen LogP contribution in [0.4, 0.5) is 0 Å². The summed E-state index contributed by atoms with van der Waals surface area (Å²) < 4.78 is 71.5. The van der Waals surface area contributed by atoms with Gasteiger partial charge >= 0.3 is 0 Å². The third-order valence-electron chi connectivity index (χ3n) is 8.72. The van der Waals surface area contributed by atoms with Gasteiger partial charge in [-0.05, 0) is 6.42 Å². The SMILES string of the molecule is CCCCCCCCCCCCCOCCOCCOCCOCCOCCOCCOCCOCCOCCOCCOCCOCCOCCN1C(=O)C=CC1=O. The van der Waals surface area contributed by atoms with Crippen LogP contribution in [0.25, 0.3) is 0 Å². The van der Waals surface area contributed by atoms with E-state index in [2.05, 4.69) is 6.92 Å². The zero-order valence-electron chi connectivity index (χ0n) is 36.6. The first-order valence-electron chi connectivity index (χ1n) is 22.3. The zero-order chi connectivity index (χ0) is 42.2. The molecule has 59 heavy (non-hydrogen) atoms. The molecule has 0 N–H and O–H groups in total. The maximum absolute atomic E-state index is 11.4. The molecule has 0 radical (unpaired) electrons. The molecule has 348 valence electrons. The first-order chi connectivity index (χ1) is 29.3. The lowest BCUT2D eigenvalue weighted by Gasteiger charge is -2.13. The Morgan fingerprint density at radius 2 is 0.492 bits per heavy atom. The van der Waals surface area contributed by atoms with Crippen molar-refractivity contribution in [2.45, 2.75) is 77.6 Å². The molecule has 0 saturated heterocycles. The highest BCUT2D eigenvalue weighted by Crippen LogP contribution is 2.11. The van der Waals surface area contributed by atoms with Crippen LogP contribution in [0.2, 0.25) is 0 Å². The second kappa shape index (κ2) is 47.4. The predicted octanol–water partition coefficient (Wildman–Crippen LogP) is 4.44. The van der Waals surface area contributed by atoms with Crippen LogP contribution in [0.15, 0.2) is 12.2 Å². The van der Waals surface area contributed by atoms with Crippen molar-refractivity contribution in [3.63, 3.8) is 0 Å². The van der Waals surface area contributed by atoms with E-state index < -0.39 is 0 Å². The molecule has 1 heterocycles. The highest BCUT2D eigenvalue weighted by Gasteiger charge is 2.22. The second-order valence-corrected chi connectivity index (χ2v) is 13.7. The van der Waals surface area contributed by atoms with Crippen molar-refractivity contribution in [1.82, 2.24) is 4.90 Å². The van der Waals surface area contributed by atoms with Crippen molar-refractivity contribution in [1.29, 1.82) is 0 Å². The van der Waals surface area contributed by atoms with E-state index in [1.165, 1.54) is 76.4 Å². The van der Waals surface area contributed by atoms with Crippen LogP contribution < -0.4 is 0 Å². The summed E-state index contributed by atoms with van der Waals surface area (Å²) in [5.74, 6) is -0.613. The fourth-order valence-corrected chi connectivity index (χ4v) is 5.42. The molecule has 16 heteroatoms. The molecule has 2 amide bonds. The summed E-state index contributed by atoms with van der Waals surface area (Å²) in [7, 11) is 0. The number of hydrogen-bond acceptors (Lipinski definition) is 15. The van der Waals surface area contributed by atoms with E-state index in [0.717, 1.165) is 17.9 Å². The second-order valence-electron chi connectivity index (χ2n) is 13.7. The summed E-state index contributed by atoms with van der Waals surface area (Å²) in [6.45, 7) is 15.6. The Morgan fingerprint density at radius 1 is 0.288 bits per heavy atom. The van der Waals surface area contributed by atoms with Gasteiger partial charge in [0.25, 0.3) is 11.8 Å². The average Bonchev–Trinajstić information content (AvgIpc) is 3.56. The van der Waals surface area contributed by atoms with E-state index >= 15 is 0 Å². The molecule has 0 unspecified atom stereocenters. The van der Waals surface area contributed by atoms with Gasteiger partial charge in [0.2, 0.25) is 0 Å². The minimum Gasteiger partial charge on any atom is -0.379 e. The maximum atomic E-state index is 11.4. The van der Waals surface area contributed by atoms with E-state index in [9.17, 15) is 9.59 Å². The number of imide groups is 1. The minimum absolute atomic E-state index is 0.239. The fraction of sp³-hybridized carbons (Fsp3) is 0.907. The molecule has 0 fully saturated rings. The van der Waals surface area contributed by atoms with Gasteiger partial charge in [0.1, 0.15) is 0 Å². The van der Waals surface area contributed by atoms with E-state index in [1.807, 2.05) is 0 Å². The Kier molecular flexibility index (Phi) is 44.5. The number of amides is 2. The van der Waals surface area contributed by atoms with E-state index in [4.69, 9.17) is 61.6 Å². The minimum atomic E-state index is -0.306. The number of ether oxygens (including phenoxy) is 13. The van der Waals surface area contributed by atoms with Crippen molar-refractivity contribution in [3.05, 3.63) is 12.2 Å². The third-order valence-corrected chi connectivity index (χ3v) is 8.72. The Labute approximate surface area is 355 Å². The average molecular weight is 852 g/mol. The molecule has 1 rings (SSSR count). The molecule has 1 aliphatic heterocycles. The molecule has 16 nitrogen and oxygen atoms in total. The smallest absolute Gasteiger partial charge is 0.253 e. The summed E-state index contributed by atoms with van der Waals surface area (Å²) in [5, 5.41) is 0. The highest BCUT2D eigenvalue weighted by atomic mass is 16.6. The number of nitrogens with zero attached hydrogens (tertiary/aromatic N) is 1. The van der Waals surface area contributed by atoms with E-state index in [-0.39, 0.29) is 25.0 Å². The first kappa shape index (κ1) is 55.4. The quantitative estimate of drug-likeness (QED) is 0.0625. The van der Waals surface area contributed by atoms with Crippen LogP contribution in [-0.2, 0) is 71.2 Å². The summed E-state index contributed by atoms with van der Waals surface area (Å²) >= 11 is 0. The maximum Gasteiger partial charge on any atom is 0.253 e. The van der Waals surface area contributed by atoms with Gasteiger partial charge in [0.15, 0.2) is 0 Å². The molecule has 0 bridgehead atoms. The zero-order valence-corrected chi connectivity index (χ0v) is 36.6. The standard InChI is InChI=1S/C43H81NO15/c1-2-3-4-5-6-7-8-9-10-11-12-16-47-18-20-49-22-24-51-26-28-53-30-32-55-34-36-57-38-40-59-41-39-58-37-35-56-33-31-54-29-27-52-25-23-50-21-19-48-17-15-44-42(45)13-14-43(44)46/h13-14H,2-12,15-41H2,1H3. The molecular formula is C43H81NO15. The number of carbonyl (C=O) groups is 2. The van der Waals surface area contributed by atoms with Crippen LogP contribution in [-0.4, -0.2) is 195 Å². The van der Waals surface area contributed by atoms with Crippen LogP contribution in [0.1, 0.15) is 77.6 Å². The summed E-state index contributed by atoms with van der Waals surface area (Å²) in [4.78, 5) is 24.0. The number of unbranched alkanes of at least 4 members (excludes halogenated alkanes) is 10. The lowest BCUT2D eigenvalue weighted by Crippen LogP contribution is -2.33. The molecular weight excluding hydrogens is 770 g/mol. The van der Waals surface area contributed by atoms with Crippen molar-refractivity contribution in [3.8, 4) is 0 Å². The van der Waals surface area contributed by atoms with E-state index in [1.54, 1.807) is 0 Å². The van der Waals surface area contributed by atoms with Crippen molar-refractivity contribution in [2.24, 2.45) is 0 Å². The van der Waals surface area contributed by atoms with Crippen LogP contribution in [0.5, 0.6) is 0 Å². The van der Waals surface area contributed by atoms with Gasteiger partial charge in [0.05, 0.1) is 172 Å². The highest BCUT2D eigenvalue weighted by molar-refractivity contribution is 6.12. The molecule has 0 aromatic carbocycles. The molecule has 1 aliphatic rings. The van der Waals surface area contributed by atoms with E-state index in [0.29, 0.717) is 159 Å². The largest absolute Gasteiger partial charge is 0.379 e. The van der Waals surface area contributed by atoms with Gasteiger partial charge in [-0.2, -0.15) is 0 Å². The van der Waals surface area contributed by atoms with Crippen molar-refractivity contribution in [2.75, 3.05) is 178 Å². The Balaban J connectivity index is 1.60. The normalized spacial score (nSPS) is 12.9. The number of hydrogen-bond donors (Lipinski definition) is 0. The van der Waals surface area contributed by atoms with Gasteiger partial charge in [-0.1, -0.05) is 71.1 Å². The lowest BCUT2D eigenvalue weighted by atomic mass is 10.1. The first-order valence-corrected chi connectivity index (χ1v) is 22.3. The molecule has 0 aliphatic carbocycles. The van der Waals surface area contributed by atoms with Crippen LogP contribution in [0, 0.1) is 0 Å². The Bertz CT molecular complexity index is 898. The number of rotatable bonds is 51. The van der Waals surface area contributed by atoms with Gasteiger partial charge in [0, 0.05) is 18.8 Å². The number of carbonyl (C=O) groups excluding carboxylic acids is 2. The van der Waals surface area contributed by atoms with Crippen molar-refractivity contribution < 1.29 is 71.2 Å². The molecule has 0 aromatic heterocycles. The molecule has 0 aromatic rings.